The van der Waals surface area contributed by atoms with E-state index in [1.165, 1.54) is 0 Å². The molecule has 0 rings (SSSR count). The van der Waals surface area contributed by atoms with Gasteiger partial charge in [-0.1, -0.05) is 0 Å². The average molecular weight is 168 g/mol. The Morgan fingerprint density at radius 2 is 2.18 bits per heavy atom. The van der Waals surface area contributed by atoms with E-state index in [1.54, 1.807) is 0 Å². The Balaban J connectivity index is 3.20. The summed E-state index contributed by atoms with van der Waals surface area (Å²) in [4.78, 5) is 20.6. The molecule has 0 spiro atoms. The minimum atomic E-state index is -1.45. The van der Waals surface area contributed by atoms with Gasteiger partial charge in [-0.05, 0) is 0 Å². The lowest BCUT2D eigenvalue weighted by molar-refractivity contribution is -0.307. The van der Waals surface area contributed by atoms with Gasteiger partial charge in [0, 0.05) is 0 Å². The molecular formula is C4H8O7. The van der Waals surface area contributed by atoms with Gasteiger partial charge in [0.15, 0.2) is 0 Å². The lowest BCUT2D eigenvalue weighted by Gasteiger charge is -2.04. The molecule has 66 valence electrons. The van der Waals surface area contributed by atoms with Gasteiger partial charge in [0.2, 0.25) is 0 Å². The molecule has 7 heteroatoms. The van der Waals surface area contributed by atoms with Gasteiger partial charge in [0.05, 0.1) is 6.61 Å². The SMILES string of the molecule is O=C(OO)OOCC(O)CO. The Morgan fingerprint density at radius 3 is 2.64 bits per heavy atom. The van der Waals surface area contributed by atoms with E-state index in [1.807, 2.05) is 0 Å². The average Bonchev–Trinajstić information content (AvgIpc) is 2.04. The van der Waals surface area contributed by atoms with Crippen molar-refractivity contribution < 1.29 is 34.9 Å². The molecule has 11 heavy (non-hydrogen) atoms. The standard InChI is InChI=1S/C4H8O7/c5-1-3(6)2-9-11-4(7)10-8/h3,5-6,8H,1-2H2. The van der Waals surface area contributed by atoms with E-state index < -0.39 is 25.5 Å². The number of hydrogen-bond donors (Lipinski definition) is 3. The topological polar surface area (TPSA) is 105 Å². The second-order valence-electron chi connectivity index (χ2n) is 1.55. The largest absolute Gasteiger partial charge is 0.572 e. The van der Waals surface area contributed by atoms with Crippen LogP contribution < -0.4 is 0 Å². The quantitative estimate of drug-likeness (QED) is 0.361. The van der Waals surface area contributed by atoms with E-state index in [0.717, 1.165) is 0 Å². The van der Waals surface area contributed by atoms with Crippen LogP contribution in [0.3, 0.4) is 0 Å². The summed E-state index contributed by atoms with van der Waals surface area (Å²) in [5.41, 5.74) is 0. The molecule has 0 saturated heterocycles. The third-order valence-electron chi connectivity index (χ3n) is 0.673. The van der Waals surface area contributed by atoms with Crippen molar-refractivity contribution in [3.63, 3.8) is 0 Å². The highest BCUT2D eigenvalue weighted by molar-refractivity contribution is 5.57. The molecule has 0 aliphatic heterocycles. The van der Waals surface area contributed by atoms with Crippen LogP contribution in [0.5, 0.6) is 0 Å². The summed E-state index contributed by atoms with van der Waals surface area (Å²) in [7, 11) is 0. The molecule has 1 atom stereocenters. The van der Waals surface area contributed by atoms with E-state index in [0.29, 0.717) is 0 Å². The molecule has 0 fully saturated rings. The van der Waals surface area contributed by atoms with Gasteiger partial charge in [-0.25, -0.2) is 0 Å². The number of carbonyl (C=O) groups excluding carboxylic acids is 1. The molecule has 0 amide bonds. The maximum atomic E-state index is 9.92. The summed E-state index contributed by atoms with van der Waals surface area (Å²) in [5, 5.41) is 24.4. The summed E-state index contributed by atoms with van der Waals surface area (Å²) < 4.78 is 0. The number of aliphatic hydroxyl groups excluding tert-OH is 2. The van der Waals surface area contributed by atoms with Crippen LogP contribution in [0.15, 0.2) is 0 Å². The minimum absolute atomic E-state index is 0.397. The zero-order valence-electron chi connectivity index (χ0n) is 5.47. The smallest absolute Gasteiger partial charge is 0.394 e. The molecule has 1 unspecified atom stereocenters. The molecule has 0 aromatic carbocycles. The Bertz CT molecular complexity index is 113. The van der Waals surface area contributed by atoms with E-state index in [4.69, 9.17) is 15.5 Å². The van der Waals surface area contributed by atoms with Crippen molar-refractivity contribution in [2.75, 3.05) is 13.2 Å². The second-order valence-corrected chi connectivity index (χ2v) is 1.55. The minimum Gasteiger partial charge on any atom is -0.394 e. The first-order valence-corrected chi connectivity index (χ1v) is 2.64. The van der Waals surface area contributed by atoms with Crippen LogP contribution in [0.1, 0.15) is 0 Å². The zero-order valence-corrected chi connectivity index (χ0v) is 5.47. The maximum Gasteiger partial charge on any atom is 0.572 e. The third-order valence-corrected chi connectivity index (χ3v) is 0.673. The fourth-order valence-electron chi connectivity index (χ4n) is 0.229. The molecule has 7 nitrogen and oxygen atoms in total. The molecule has 0 heterocycles. The van der Waals surface area contributed by atoms with Crippen LogP contribution in [0.25, 0.3) is 0 Å². The summed E-state index contributed by atoms with van der Waals surface area (Å²) in [6.45, 7) is -0.914. The number of carbonyl (C=O) groups is 1. The predicted molar refractivity (Wildman–Crippen MR) is 29.2 cm³/mol. The Kier molecular flexibility index (Phi) is 5.39. The van der Waals surface area contributed by atoms with Crippen LogP contribution >= 0.6 is 0 Å². The normalized spacial score (nSPS) is 12.3. The van der Waals surface area contributed by atoms with Crippen molar-refractivity contribution in [2.45, 2.75) is 6.10 Å². The summed E-state index contributed by atoms with van der Waals surface area (Å²) in [5.74, 6) is 0. The van der Waals surface area contributed by atoms with Crippen molar-refractivity contribution in [1.29, 1.82) is 0 Å². The van der Waals surface area contributed by atoms with E-state index in [9.17, 15) is 4.79 Å². The summed E-state index contributed by atoms with van der Waals surface area (Å²) in [6, 6.07) is 0. The van der Waals surface area contributed by atoms with E-state index in [-0.39, 0.29) is 0 Å². The molecular weight excluding hydrogens is 160 g/mol. The van der Waals surface area contributed by atoms with Crippen molar-refractivity contribution in [3.8, 4) is 0 Å². The predicted octanol–water partition coefficient (Wildman–Crippen LogP) is -1.10. The molecule has 3 N–H and O–H groups in total. The fraction of sp³-hybridized carbons (Fsp3) is 0.750. The Labute approximate surface area is 61.6 Å². The van der Waals surface area contributed by atoms with Crippen LogP contribution in [0.2, 0.25) is 0 Å². The highest BCUT2D eigenvalue weighted by Gasteiger charge is 2.07. The van der Waals surface area contributed by atoms with Crippen LogP contribution in [0.4, 0.5) is 4.79 Å². The maximum absolute atomic E-state index is 9.92. The first kappa shape index (κ1) is 10.1. The first-order chi connectivity index (χ1) is 5.20. The zero-order chi connectivity index (χ0) is 8.69. The van der Waals surface area contributed by atoms with Crippen molar-refractivity contribution >= 4 is 6.16 Å². The van der Waals surface area contributed by atoms with Gasteiger partial charge in [0.25, 0.3) is 0 Å². The lowest BCUT2D eigenvalue weighted by atomic mass is 10.4. The first-order valence-electron chi connectivity index (χ1n) is 2.64. The Hall–Kier alpha value is -0.890. The lowest BCUT2D eigenvalue weighted by Crippen LogP contribution is -2.20. The van der Waals surface area contributed by atoms with Crippen LogP contribution in [0, 0.1) is 0 Å². The highest BCUT2D eigenvalue weighted by Crippen LogP contribution is 1.87. The van der Waals surface area contributed by atoms with Gasteiger partial charge >= 0.3 is 6.16 Å². The molecule has 0 aliphatic carbocycles. The van der Waals surface area contributed by atoms with Crippen molar-refractivity contribution in [3.05, 3.63) is 0 Å². The number of aliphatic hydroxyl groups is 2. The van der Waals surface area contributed by atoms with Crippen molar-refractivity contribution in [1.82, 2.24) is 0 Å². The fourth-order valence-corrected chi connectivity index (χ4v) is 0.229. The highest BCUT2D eigenvalue weighted by atomic mass is 17.3. The molecule has 0 aliphatic rings. The third kappa shape index (κ3) is 5.55. The molecule has 0 bridgehead atoms. The van der Waals surface area contributed by atoms with Gasteiger partial charge in [0.1, 0.15) is 12.7 Å². The van der Waals surface area contributed by atoms with Gasteiger partial charge in [-0.3, -0.25) is 9.78 Å². The monoisotopic (exact) mass is 168 g/mol. The molecule has 0 aromatic rings. The molecule has 0 radical (unpaired) electrons. The summed E-state index contributed by atoms with van der Waals surface area (Å²) >= 11 is 0. The van der Waals surface area contributed by atoms with Gasteiger partial charge in [-0.15, -0.1) is 0 Å². The van der Waals surface area contributed by atoms with Gasteiger partial charge in [-0.2, -0.15) is 14.9 Å². The van der Waals surface area contributed by atoms with Crippen LogP contribution in [-0.2, 0) is 14.7 Å². The Morgan fingerprint density at radius 1 is 1.55 bits per heavy atom. The van der Waals surface area contributed by atoms with E-state index in [2.05, 4.69) is 14.7 Å². The number of hydrogen-bond acceptors (Lipinski definition) is 7. The number of rotatable bonds is 4. The van der Waals surface area contributed by atoms with Crippen LogP contribution in [-0.4, -0.2) is 40.9 Å². The summed E-state index contributed by atoms with van der Waals surface area (Å²) in [6.07, 6.45) is -2.59. The van der Waals surface area contributed by atoms with Gasteiger partial charge < -0.3 is 10.2 Å². The van der Waals surface area contributed by atoms with Crippen molar-refractivity contribution in [2.24, 2.45) is 0 Å². The molecule has 0 aromatic heterocycles. The second kappa shape index (κ2) is 5.86. The molecule has 0 saturated carbocycles. The van der Waals surface area contributed by atoms with E-state index >= 15 is 0 Å².